The number of carboxylic acids is 1. The Kier molecular flexibility index (Phi) is 3.65. The van der Waals surface area contributed by atoms with Crippen molar-refractivity contribution in [3.05, 3.63) is 56.1 Å². The molecule has 1 heterocycles. The van der Waals surface area contributed by atoms with Crippen LogP contribution in [0.15, 0.2) is 29.1 Å². The van der Waals surface area contributed by atoms with Gasteiger partial charge in [0.05, 0.1) is 16.6 Å². The lowest BCUT2D eigenvalue weighted by Crippen LogP contribution is -2.09. The number of ether oxygens (including phenoxy) is 1. The van der Waals surface area contributed by atoms with Gasteiger partial charge in [-0.25, -0.2) is 9.78 Å². The first kappa shape index (κ1) is 14.2. The number of hydrogen-bond acceptors (Lipinski definition) is 6. The van der Waals surface area contributed by atoms with Gasteiger partial charge in [0.1, 0.15) is 5.82 Å². The predicted molar refractivity (Wildman–Crippen MR) is 69.7 cm³/mol. The molecule has 0 aliphatic carbocycles. The van der Waals surface area contributed by atoms with Crippen LogP contribution in [-0.2, 0) is 0 Å². The summed E-state index contributed by atoms with van der Waals surface area (Å²) in [7, 11) is 0. The normalized spacial score (nSPS) is 10.1. The lowest BCUT2D eigenvalue weighted by molar-refractivity contribution is -0.385. The van der Waals surface area contributed by atoms with Gasteiger partial charge in [0.2, 0.25) is 11.6 Å². The highest BCUT2D eigenvalue weighted by Gasteiger charge is 2.19. The van der Waals surface area contributed by atoms with Gasteiger partial charge in [-0.2, -0.15) is 0 Å². The number of nitrogens with zero attached hydrogens (tertiary/aromatic N) is 2. The number of aromatic carboxylic acids is 1. The molecule has 1 aromatic heterocycles. The van der Waals surface area contributed by atoms with Gasteiger partial charge in [-0.3, -0.25) is 14.9 Å². The summed E-state index contributed by atoms with van der Waals surface area (Å²) in [6, 6.07) is 4.10. The van der Waals surface area contributed by atoms with Crippen LogP contribution in [0.25, 0.3) is 0 Å². The van der Waals surface area contributed by atoms with Crippen molar-refractivity contribution < 1.29 is 19.6 Å². The first-order valence-corrected chi connectivity index (χ1v) is 5.64. The van der Waals surface area contributed by atoms with Gasteiger partial charge in [0, 0.05) is 12.1 Å². The molecule has 0 aliphatic rings. The van der Waals surface area contributed by atoms with Crippen molar-refractivity contribution >= 4 is 11.7 Å². The largest absolute Gasteiger partial charge is 0.478 e. The van der Waals surface area contributed by atoms with E-state index in [-0.39, 0.29) is 23.0 Å². The molecule has 9 nitrogen and oxygen atoms in total. The van der Waals surface area contributed by atoms with E-state index in [9.17, 15) is 19.7 Å². The molecule has 0 saturated heterocycles. The van der Waals surface area contributed by atoms with E-state index in [2.05, 4.69) is 9.97 Å². The molecule has 0 bridgehead atoms. The maximum Gasteiger partial charge on any atom is 0.335 e. The highest BCUT2D eigenvalue weighted by atomic mass is 16.6. The molecule has 1 aromatic carbocycles. The number of carbonyl (C=O) groups is 1. The summed E-state index contributed by atoms with van der Waals surface area (Å²) in [6.45, 7) is 1.51. The number of H-pyrrole nitrogens is 1. The van der Waals surface area contributed by atoms with Crippen LogP contribution in [0.4, 0.5) is 5.69 Å². The fraction of sp³-hybridized carbons (Fsp3) is 0.0833. The van der Waals surface area contributed by atoms with Crippen LogP contribution in [0.2, 0.25) is 0 Å². The van der Waals surface area contributed by atoms with E-state index in [0.717, 1.165) is 24.3 Å². The molecule has 9 heteroatoms. The second-order valence-electron chi connectivity index (χ2n) is 4.02. The lowest BCUT2D eigenvalue weighted by atomic mass is 10.2. The molecule has 0 atom stereocenters. The number of aromatic amines is 1. The van der Waals surface area contributed by atoms with Crippen molar-refractivity contribution in [3.63, 3.8) is 0 Å². The van der Waals surface area contributed by atoms with Gasteiger partial charge in [-0.1, -0.05) is 0 Å². The molecule has 0 unspecified atom stereocenters. The van der Waals surface area contributed by atoms with Crippen molar-refractivity contribution in [2.75, 3.05) is 0 Å². The van der Waals surface area contributed by atoms with Crippen LogP contribution in [0.1, 0.15) is 16.2 Å². The molecule has 108 valence electrons. The van der Waals surface area contributed by atoms with E-state index in [0.29, 0.717) is 0 Å². The minimum Gasteiger partial charge on any atom is -0.478 e. The number of nitrogens with one attached hydrogen (secondary N) is 1. The molecule has 21 heavy (non-hydrogen) atoms. The third-order valence-electron chi connectivity index (χ3n) is 2.45. The van der Waals surface area contributed by atoms with Gasteiger partial charge < -0.3 is 14.8 Å². The number of aryl methyl sites for hydroxylation is 1. The Morgan fingerprint density at radius 1 is 1.43 bits per heavy atom. The number of aromatic nitrogens is 2. The minimum atomic E-state index is -1.26. The second kappa shape index (κ2) is 5.41. The van der Waals surface area contributed by atoms with Crippen molar-refractivity contribution in [1.29, 1.82) is 0 Å². The summed E-state index contributed by atoms with van der Waals surface area (Å²) in [5.41, 5.74) is -1.11. The van der Waals surface area contributed by atoms with Gasteiger partial charge >= 0.3 is 11.7 Å². The fourth-order valence-corrected chi connectivity index (χ4v) is 1.60. The first-order chi connectivity index (χ1) is 9.86. The Labute approximate surface area is 117 Å². The summed E-state index contributed by atoms with van der Waals surface area (Å²) in [5.74, 6) is -1.47. The van der Waals surface area contributed by atoms with Crippen molar-refractivity contribution in [3.8, 4) is 11.6 Å². The quantitative estimate of drug-likeness (QED) is 0.643. The topological polar surface area (TPSA) is 135 Å². The number of hydrogen-bond donors (Lipinski definition) is 2. The Morgan fingerprint density at radius 3 is 2.71 bits per heavy atom. The van der Waals surface area contributed by atoms with Crippen LogP contribution in [0.3, 0.4) is 0 Å². The minimum absolute atomic E-state index is 0.165. The number of carboxylic acid groups (broad SMARTS) is 1. The zero-order valence-electron chi connectivity index (χ0n) is 10.7. The maximum atomic E-state index is 11.3. The molecule has 0 aliphatic heterocycles. The van der Waals surface area contributed by atoms with Gasteiger partial charge in [0.15, 0.2) is 0 Å². The van der Waals surface area contributed by atoms with Gasteiger partial charge in [0.25, 0.3) is 5.56 Å². The average Bonchev–Trinajstić information content (AvgIpc) is 2.36. The SMILES string of the molecule is Cc1nc(Oc2cc(C(=O)O)ccc2[N+](=O)[O-])cc(=O)[nH]1. The molecule has 0 fully saturated rings. The third-order valence-corrected chi connectivity index (χ3v) is 2.45. The van der Waals surface area contributed by atoms with Crippen LogP contribution < -0.4 is 10.3 Å². The van der Waals surface area contributed by atoms with E-state index in [1.165, 1.54) is 6.92 Å². The Morgan fingerprint density at radius 2 is 2.14 bits per heavy atom. The van der Waals surface area contributed by atoms with E-state index in [4.69, 9.17) is 9.84 Å². The predicted octanol–water partition coefficient (Wildman–Crippen LogP) is 1.48. The van der Waals surface area contributed by atoms with Gasteiger partial charge in [-0.05, 0) is 13.0 Å². The standard InChI is InChI=1S/C12H9N3O6/c1-6-13-10(16)5-11(14-6)21-9-4-7(12(17)18)2-3-8(9)15(19)20/h2-5H,1H3,(H,17,18)(H,13,14,16). The van der Waals surface area contributed by atoms with Crippen molar-refractivity contribution in [2.45, 2.75) is 6.92 Å². The summed E-state index contributed by atoms with van der Waals surface area (Å²) >= 11 is 0. The molecular weight excluding hydrogens is 282 g/mol. The molecular formula is C12H9N3O6. The summed E-state index contributed by atoms with van der Waals surface area (Å²) < 4.78 is 5.19. The number of rotatable bonds is 4. The summed E-state index contributed by atoms with van der Waals surface area (Å²) in [4.78, 5) is 38.6. The fourth-order valence-electron chi connectivity index (χ4n) is 1.60. The first-order valence-electron chi connectivity index (χ1n) is 5.64. The third kappa shape index (κ3) is 3.21. The highest BCUT2D eigenvalue weighted by Crippen LogP contribution is 2.31. The van der Waals surface area contributed by atoms with Crippen LogP contribution in [0.5, 0.6) is 11.6 Å². The average molecular weight is 291 g/mol. The number of nitro benzene ring substituents is 1. The smallest absolute Gasteiger partial charge is 0.335 e. The van der Waals surface area contributed by atoms with Crippen LogP contribution >= 0.6 is 0 Å². The van der Waals surface area contributed by atoms with Crippen LogP contribution in [-0.4, -0.2) is 26.0 Å². The Bertz CT molecular complexity index is 783. The molecule has 0 radical (unpaired) electrons. The second-order valence-corrected chi connectivity index (χ2v) is 4.02. The molecule has 2 rings (SSSR count). The number of benzene rings is 1. The zero-order chi connectivity index (χ0) is 15.6. The monoisotopic (exact) mass is 291 g/mol. The Balaban J connectivity index is 2.50. The summed E-state index contributed by atoms with van der Waals surface area (Å²) in [6.07, 6.45) is 0. The highest BCUT2D eigenvalue weighted by molar-refractivity contribution is 5.88. The van der Waals surface area contributed by atoms with E-state index < -0.39 is 22.1 Å². The van der Waals surface area contributed by atoms with Crippen molar-refractivity contribution in [1.82, 2.24) is 9.97 Å². The molecule has 2 aromatic rings. The summed E-state index contributed by atoms with van der Waals surface area (Å²) in [5, 5.41) is 19.8. The van der Waals surface area contributed by atoms with E-state index in [1.807, 2.05) is 0 Å². The van der Waals surface area contributed by atoms with Crippen LogP contribution in [0, 0.1) is 17.0 Å². The maximum absolute atomic E-state index is 11.3. The van der Waals surface area contributed by atoms with E-state index >= 15 is 0 Å². The van der Waals surface area contributed by atoms with Gasteiger partial charge in [-0.15, -0.1) is 0 Å². The molecule has 2 N–H and O–H groups in total. The molecule has 0 saturated carbocycles. The Hall–Kier alpha value is -3.23. The lowest BCUT2D eigenvalue weighted by Gasteiger charge is -2.06. The van der Waals surface area contributed by atoms with Crippen molar-refractivity contribution in [2.24, 2.45) is 0 Å². The molecule has 0 spiro atoms. The molecule has 0 amide bonds. The van der Waals surface area contributed by atoms with E-state index in [1.54, 1.807) is 0 Å². The number of nitro groups is 1. The zero-order valence-corrected chi connectivity index (χ0v) is 10.7.